The molecule has 182 valence electrons. The van der Waals surface area contributed by atoms with Gasteiger partial charge in [0, 0.05) is 45.6 Å². The minimum atomic E-state index is -0.759. The van der Waals surface area contributed by atoms with E-state index in [0.717, 1.165) is 44.2 Å². The molecule has 33 heavy (non-hydrogen) atoms. The Morgan fingerprint density at radius 3 is 2.36 bits per heavy atom. The molecule has 1 N–H and O–H groups in total. The molecule has 1 aliphatic carbocycles. The third-order valence-corrected chi connectivity index (χ3v) is 7.00. The van der Waals surface area contributed by atoms with E-state index < -0.39 is 11.8 Å². The Morgan fingerprint density at radius 2 is 1.76 bits per heavy atom. The smallest absolute Gasteiger partial charge is 0.303 e. The normalized spacial score (nSPS) is 21.5. The summed E-state index contributed by atoms with van der Waals surface area (Å²) in [4.78, 5) is 26.3. The van der Waals surface area contributed by atoms with E-state index in [1.807, 2.05) is 32.0 Å². The summed E-state index contributed by atoms with van der Waals surface area (Å²) in [7, 11) is 0. The number of rotatable bonds is 15. The van der Waals surface area contributed by atoms with Gasteiger partial charge >= 0.3 is 5.97 Å². The Hall–Kier alpha value is -2.02. The highest BCUT2D eigenvalue weighted by Crippen LogP contribution is 2.49. The van der Waals surface area contributed by atoms with Gasteiger partial charge in [0.15, 0.2) is 5.79 Å². The van der Waals surface area contributed by atoms with Gasteiger partial charge < -0.3 is 14.6 Å². The molecule has 1 aliphatic heterocycles. The van der Waals surface area contributed by atoms with Crippen LogP contribution in [-0.2, 0) is 24.5 Å². The van der Waals surface area contributed by atoms with Crippen LogP contribution in [0.1, 0.15) is 70.8 Å². The van der Waals surface area contributed by atoms with Crippen molar-refractivity contribution in [1.29, 1.82) is 0 Å². The summed E-state index contributed by atoms with van der Waals surface area (Å²) < 4.78 is 12.4. The summed E-state index contributed by atoms with van der Waals surface area (Å²) in [5.41, 5.74) is 0.868. The van der Waals surface area contributed by atoms with E-state index in [4.69, 9.17) is 14.6 Å². The number of nitrogens with zero attached hydrogens (tertiary/aromatic N) is 1. The average molecular weight is 458 g/mol. The second-order valence-corrected chi connectivity index (χ2v) is 9.09. The molecule has 3 rings (SSSR count). The molecule has 0 unspecified atom stereocenters. The summed E-state index contributed by atoms with van der Waals surface area (Å²) in [5, 5.41) is 8.81. The number of ketones is 1. The summed E-state index contributed by atoms with van der Waals surface area (Å²) in [6.07, 6.45) is 9.70. The highest BCUT2D eigenvalue weighted by atomic mass is 16.7. The highest BCUT2D eigenvalue weighted by Gasteiger charge is 2.52. The van der Waals surface area contributed by atoms with Gasteiger partial charge in [-0.25, -0.2) is 0 Å². The van der Waals surface area contributed by atoms with E-state index in [-0.39, 0.29) is 17.9 Å². The zero-order valence-corrected chi connectivity index (χ0v) is 20.1. The molecule has 0 aromatic heterocycles. The van der Waals surface area contributed by atoms with Crippen LogP contribution in [0.5, 0.6) is 0 Å². The van der Waals surface area contributed by atoms with Crippen molar-refractivity contribution in [3.8, 4) is 0 Å². The molecule has 0 amide bonds. The standard InChI is InChI=1S/C27H39NO5/c1-3-32-27(33-4-2)19-21-28(23(27)14-10-5-6-11-15-25(30)31)20-16-24(29)26(17-18-26)22-12-8-7-9-13-22/h5,7-10,12-13,23H,3-4,6,11,14-21H2,1-2H3,(H,30,31)/b10-5-/t23-/m0/s1. The first-order valence-corrected chi connectivity index (χ1v) is 12.4. The number of likely N-dealkylation sites (tertiary alicyclic amines) is 1. The SMILES string of the molecule is CCOC1(OCC)CCN(CCC(=O)C2(c3ccccc3)CC2)[C@H]1C/C=C\CCCC(=O)O. The molecule has 2 fully saturated rings. The summed E-state index contributed by atoms with van der Waals surface area (Å²) in [5.74, 6) is -1.08. The molecule has 0 bridgehead atoms. The average Bonchev–Trinajstić information content (AvgIpc) is 3.55. The highest BCUT2D eigenvalue weighted by molar-refractivity contribution is 5.93. The molecule has 2 aliphatic rings. The van der Waals surface area contributed by atoms with E-state index in [9.17, 15) is 9.59 Å². The molecule has 1 atom stereocenters. The lowest BCUT2D eigenvalue weighted by Gasteiger charge is -2.37. The zero-order valence-electron chi connectivity index (χ0n) is 20.1. The zero-order chi connectivity index (χ0) is 23.7. The number of unbranched alkanes of at least 4 members (excludes halogenated alkanes) is 1. The number of aliphatic carboxylic acids is 1. The van der Waals surface area contributed by atoms with Crippen LogP contribution >= 0.6 is 0 Å². The molecule has 1 saturated carbocycles. The largest absolute Gasteiger partial charge is 0.481 e. The Morgan fingerprint density at radius 1 is 1.06 bits per heavy atom. The Bertz CT molecular complexity index is 796. The van der Waals surface area contributed by atoms with Crippen LogP contribution in [0.3, 0.4) is 0 Å². The lowest BCUT2D eigenvalue weighted by molar-refractivity contribution is -0.244. The molecule has 0 spiro atoms. The van der Waals surface area contributed by atoms with Crippen molar-refractivity contribution in [2.45, 2.75) is 82.5 Å². The number of carbonyl (C=O) groups excluding carboxylic acids is 1. The minimum Gasteiger partial charge on any atom is -0.481 e. The number of allylic oxidation sites excluding steroid dienone is 1. The molecule has 6 nitrogen and oxygen atoms in total. The second kappa shape index (κ2) is 11.9. The molecule has 1 heterocycles. The van der Waals surface area contributed by atoms with Crippen LogP contribution in [-0.4, -0.2) is 59.9 Å². The minimum absolute atomic E-state index is 0.0350. The Labute approximate surface area is 197 Å². The number of hydrogen-bond donors (Lipinski definition) is 1. The quantitative estimate of drug-likeness (QED) is 0.233. The van der Waals surface area contributed by atoms with Crippen LogP contribution in [0.15, 0.2) is 42.5 Å². The number of Topliss-reactive ketones (excluding diaryl/α,β-unsaturated/α-hetero) is 1. The summed E-state index contributed by atoms with van der Waals surface area (Å²) in [6.45, 7) is 6.66. The van der Waals surface area contributed by atoms with Gasteiger partial charge in [-0.3, -0.25) is 14.5 Å². The third kappa shape index (κ3) is 6.31. The van der Waals surface area contributed by atoms with Crippen molar-refractivity contribution in [2.75, 3.05) is 26.3 Å². The monoisotopic (exact) mass is 457 g/mol. The number of hydrogen-bond acceptors (Lipinski definition) is 5. The van der Waals surface area contributed by atoms with Crippen LogP contribution in [0, 0.1) is 0 Å². The van der Waals surface area contributed by atoms with E-state index in [1.54, 1.807) is 0 Å². The Kier molecular flexibility index (Phi) is 9.24. The molecule has 1 aromatic carbocycles. The number of benzene rings is 1. The maximum Gasteiger partial charge on any atom is 0.303 e. The van der Waals surface area contributed by atoms with E-state index in [2.05, 4.69) is 29.2 Å². The summed E-state index contributed by atoms with van der Waals surface area (Å²) >= 11 is 0. The van der Waals surface area contributed by atoms with Gasteiger partial charge in [-0.1, -0.05) is 42.5 Å². The molecule has 6 heteroatoms. The first kappa shape index (κ1) is 25.6. The topological polar surface area (TPSA) is 76.1 Å². The van der Waals surface area contributed by atoms with Crippen LogP contribution < -0.4 is 0 Å². The van der Waals surface area contributed by atoms with Gasteiger partial charge in [-0.15, -0.1) is 0 Å². The maximum absolute atomic E-state index is 13.2. The maximum atomic E-state index is 13.2. The van der Waals surface area contributed by atoms with Gasteiger partial charge in [-0.05, 0) is 51.5 Å². The fourth-order valence-electron chi connectivity index (χ4n) is 5.17. The fourth-order valence-corrected chi connectivity index (χ4v) is 5.17. The van der Waals surface area contributed by atoms with Gasteiger partial charge in [0.25, 0.3) is 0 Å². The first-order valence-electron chi connectivity index (χ1n) is 12.4. The number of carboxylic acids is 1. The number of carboxylic acid groups (broad SMARTS) is 1. The predicted molar refractivity (Wildman–Crippen MR) is 128 cm³/mol. The van der Waals surface area contributed by atoms with E-state index in [0.29, 0.717) is 38.4 Å². The molecule has 1 saturated heterocycles. The fraction of sp³-hybridized carbons (Fsp3) is 0.630. The first-order chi connectivity index (χ1) is 16.0. The van der Waals surface area contributed by atoms with Crippen molar-refractivity contribution in [3.63, 3.8) is 0 Å². The lowest BCUT2D eigenvalue weighted by atomic mass is 9.89. The molecular formula is C27H39NO5. The van der Waals surface area contributed by atoms with Gasteiger partial charge in [0.2, 0.25) is 0 Å². The van der Waals surface area contributed by atoms with Crippen molar-refractivity contribution >= 4 is 11.8 Å². The van der Waals surface area contributed by atoms with Gasteiger partial charge in [0.1, 0.15) is 5.78 Å². The van der Waals surface area contributed by atoms with Crippen LogP contribution in [0.2, 0.25) is 0 Å². The Balaban J connectivity index is 1.64. The van der Waals surface area contributed by atoms with E-state index in [1.165, 1.54) is 0 Å². The van der Waals surface area contributed by atoms with Gasteiger partial charge in [-0.2, -0.15) is 0 Å². The van der Waals surface area contributed by atoms with Crippen molar-refractivity contribution in [2.24, 2.45) is 0 Å². The molecule has 0 radical (unpaired) electrons. The summed E-state index contributed by atoms with van der Waals surface area (Å²) in [6, 6.07) is 10.2. The number of carbonyl (C=O) groups is 2. The molecule has 1 aromatic rings. The lowest BCUT2D eigenvalue weighted by Crippen LogP contribution is -2.49. The van der Waals surface area contributed by atoms with Crippen molar-refractivity contribution < 1.29 is 24.2 Å². The number of ether oxygens (including phenoxy) is 2. The van der Waals surface area contributed by atoms with Crippen molar-refractivity contribution in [3.05, 3.63) is 48.0 Å². The van der Waals surface area contributed by atoms with Crippen LogP contribution in [0.4, 0.5) is 0 Å². The van der Waals surface area contributed by atoms with Crippen molar-refractivity contribution in [1.82, 2.24) is 4.90 Å². The van der Waals surface area contributed by atoms with E-state index >= 15 is 0 Å². The molecular weight excluding hydrogens is 418 g/mol. The van der Waals surface area contributed by atoms with Gasteiger partial charge in [0.05, 0.1) is 11.5 Å². The second-order valence-electron chi connectivity index (χ2n) is 9.09. The third-order valence-electron chi connectivity index (χ3n) is 7.00. The van der Waals surface area contributed by atoms with Crippen LogP contribution in [0.25, 0.3) is 0 Å². The predicted octanol–water partition coefficient (Wildman–Crippen LogP) is 4.72.